The number of aromatic nitrogens is 1. The Balaban J connectivity index is 1.45. The van der Waals surface area contributed by atoms with Gasteiger partial charge >= 0.3 is 0 Å². The third-order valence-corrected chi connectivity index (χ3v) is 4.14. The van der Waals surface area contributed by atoms with E-state index in [1.165, 1.54) is 10.9 Å². The van der Waals surface area contributed by atoms with Gasteiger partial charge in [-0.3, -0.25) is 4.79 Å². The standard InChI is InChI=1S/C18H16Cl2N2O2/c19-14-2-4-17(15(20)10-14)24-11-18(23)22-7-5-12-1-3-16-13(9-12)6-8-21-16/h1-4,6,8-10,21H,5,7,11H2,(H,22,23). The van der Waals surface area contributed by atoms with Crippen LogP contribution in [0.1, 0.15) is 5.56 Å². The van der Waals surface area contributed by atoms with Crippen LogP contribution in [0.15, 0.2) is 48.7 Å². The van der Waals surface area contributed by atoms with Crippen LogP contribution in [0.2, 0.25) is 10.0 Å². The van der Waals surface area contributed by atoms with Crippen molar-refractivity contribution < 1.29 is 9.53 Å². The summed E-state index contributed by atoms with van der Waals surface area (Å²) in [5, 5.41) is 4.91. The fourth-order valence-electron chi connectivity index (χ4n) is 2.39. The van der Waals surface area contributed by atoms with Gasteiger partial charge in [-0.2, -0.15) is 0 Å². The van der Waals surface area contributed by atoms with Gasteiger partial charge in [0.25, 0.3) is 5.91 Å². The van der Waals surface area contributed by atoms with E-state index in [1.54, 1.807) is 18.2 Å². The Kier molecular flexibility index (Phi) is 5.28. The van der Waals surface area contributed by atoms with Crippen molar-refractivity contribution in [3.63, 3.8) is 0 Å². The normalized spacial score (nSPS) is 10.8. The third kappa shape index (κ3) is 4.22. The first-order chi connectivity index (χ1) is 11.6. The van der Waals surface area contributed by atoms with Gasteiger partial charge in [0.1, 0.15) is 5.75 Å². The van der Waals surface area contributed by atoms with Crippen molar-refractivity contribution in [2.45, 2.75) is 6.42 Å². The number of H-pyrrole nitrogens is 1. The summed E-state index contributed by atoms with van der Waals surface area (Å²) in [4.78, 5) is 15.0. The summed E-state index contributed by atoms with van der Waals surface area (Å²) in [6.07, 6.45) is 2.67. The Morgan fingerprint density at radius 3 is 2.83 bits per heavy atom. The van der Waals surface area contributed by atoms with Crippen molar-refractivity contribution in [3.8, 4) is 5.75 Å². The fourth-order valence-corrected chi connectivity index (χ4v) is 2.85. The highest BCUT2D eigenvalue weighted by atomic mass is 35.5. The van der Waals surface area contributed by atoms with Crippen LogP contribution in [-0.2, 0) is 11.2 Å². The van der Waals surface area contributed by atoms with Gasteiger partial charge in [0.2, 0.25) is 0 Å². The van der Waals surface area contributed by atoms with Gasteiger partial charge in [-0.1, -0.05) is 29.3 Å². The molecule has 24 heavy (non-hydrogen) atoms. The van der Waals surface area contributed by atoms with Crippen molar-refractivity contribution in [2.24, 2.45) is 0 Å². The Hall–Kier alpha value is -2.17. The Morgan fingerprint density at radius 2 is 2.00 bits per heavy atom. The number of benzene rings is 2. The molecule has 6 heteroatoms. The van der Waals surface area contributed by atoms with E-state index >= 15 is 0 Å². The van der Waals surface area contributed by atoms with Crippen molar-refractivity contribution in [1.29, 1.82) is 0 Å². The zero-order chi connectivity index (χ0) is 16.9. The van der Waals surface area contributed by atoms with Gasteiger partial charge < -0.3 is 15.0 Å². The molecule has 3 rings (SSSR count). The Labute approximate surface area is 149 Å². The van der Waals surface area contributed by atoms with Gasteiger partial charge in [-0.25, -0.2) is 0 Å². The zero-order valence-electron chi connectivity index (χ0n) is 12.8. The summed E-state index contributed by atoms with van der Waals surface area (Å²) in [6.45, 7) is 0.463. The molecule has 0 spiro atoms. The van der Waals surface area contributed by atoms with Crippen LogP contribution in [0.5, 0.6) is 5.75 Å². The number of carbonyl (C=O) groups excluding carboxylic acids is 1. The number of carbonyl (C=O) groups is 1. The van der Waals surface area contributed by atoms with E-state index in [2.05, 4.69) is 22.4 Å². The molecule has 0 aliphatic heterocycles. The first-order valence-electron chi connectivity index (χ1n) is 7.52. The summed E-state index contributed by atoms with van der Waals surface area (Å²) in [6, 6.07) is 13.1. The summed E-state index contributed by atoms with van der Waals surface area (Å²) >= 11 is 11.8. The molecule has 0 aliphatic rings. The lowest BCUT2D eigenvalue weighted by Gasteiger charge is -2.09. The van der Waals surface area contributed by atoms with Gasteiger partial charge in [-0.15, -0.1) is 0 Å². The zero-order valence-corrected chi connectivity index (χ0v) is 14.3. The second kappa shape index (κ2) is 7.60. The number of aromatic amines is 1. The van der Waals surface area contributed by atoms with Crippen molar-refractivity contribution in [3.05, 3.63) is 64.3 Å². The molecular weight excluding hydrogens is 347 g/mol. The van der Waals surface area contributed by atoms with Crippen LogP contribution in [0.25, 0.3) is 10.9 Å². The molecule has 1 amide bonds. The minimum atomic E-state index is -0.191. The maximum absolute atomic E-state index is 11.8. The molecule has 0 saturated heterocycles. The van der Waals surface area contributed by atoms with Crippen molar-refractivity contribution in [2.75, 3.05) is 13.2 Å². The monoisotopic (exact) mass is 362 g/mol. The second-order valence-electron chi connectivity index (χ2n) is 5.36. The molecule has 1 heterocycles. The molecule has 4 nitrogen and oxygen atoms in total. The molecule has 2 aromatic carbocycles. The largest absolute Gasteiger partial charge is 0.482 e. The first kappa shape index (κ1) is 16.7. The number of nitrogens with one attached hydrogen (secondary N) is 2. The van der Waals surface area contributed by atoms with E-state index in [-0.39, 0.29) is 12.5 Å². The average molecular weight is 363 g/mol. The van der Waals surface area contributed by atoms with Crippen LogP contribution in [-0.4, -0.2) is 24.0 Å². The maximum Gasteiger partial charge on any atom is 0.257 e. The van der Waals surface area contributed by atoms with E-state index in [4.69, 9.17) is 27.9 Å². The predicted molar refractivity (Wildman–Crippen MR) is 97.0 cm³/mol. The summed E-state index contributed by atoms with van der Waals surface area (Å²) < 4.78 is 5.40. The molecule has 2 N–H and O–H groups in total. The maximum atomic E-state index is 11.8. The molecule has 0 bridgehead atoms. The topological polar surface area (TPSA) is 54.1 Å². The summed E-state index contributed by atoms with van der Waals surface area (Å²) in [5.74, 6) is 0.248. The van der Waals surface area contributed by atoms with Gasteiger partial charge in [-0.05, 0) is 53.8 Å². The van der Waals surface area contributed by atoms with Gasteiger partial charge in [0.15, 0.2) is 6.61 Å². The van der Waals surface area contributed by atoms with Crippen LogP contribution in [0.3, 0.4) is 0 Å². The fraction of sp³-hybridized carbons (Fsp3) is 0.167. The summed E-state index contributed by atoms with van der Waals surface area (Å²) in [5.41, 5.74) is 2.28. The molecule has 0 unspecified atom stereocenters. The lowest BCUT2D eigenvalue weighted by molar-refractivity contribution is -0.123. The SMILES string of the molecule is O=C(COc1ccc(Cl)cc1Cl)NCCc1ccc2[nH]ccc2c1. The lowest BCUT2D eigenvalue weighted by Crippen LogP contribution is -2.30. The van der Waals surface area contributed by atoms with E-state index in [0.717, 1.165) is 11.9 Å². The van der Waals surface area contributed by atoms with Crippen molar-refractivity contribution >= 4 is 40.0 Å². The third-order valence-electron chi connectivity index (χ3n) is 3.61. The Morgan fingerprint density at radius 1 is 1.12 bits per heavy atom. The first-order valence-corrected chi connectivity index (χ1v) is 8.28. The van der Waals surface area contributed by atoms with E-state index in [0.29, 0.717) is 22.3 Å². The number of rotatable bonds is 6. The van der Waals surface area contributed by atoms with Crippen LogP contribution < -0.4 is 10.1 Å². The molecule has 0 aliphatic carbocycles. The average Bonchev–Trinajstić information content (AvgIpc) is 3.02. The number of hydrogen-bond acceptors (Lipinski definition) is 2. The number of halogens is 2. The minimum Gasteiger partial charge on any atom is -0.482 e. The highest BCUT2D eigenvalue weighted by molar-refractivity contribution is 6.35. The summed E-state index contributed by atoms with van der Waals surface area (Å²) in [7, 11) is 0. The molecule has 0 atom stereocenters. The number of hydrogen-bond donors (Lipinski definition) is 2. The molecule has 0 radical (unpaired) electrons. The smallest absolute Gasteiger partial charge is 0.257 e. The quantitative estimate of drug-likeness (QED) is 0.689. The van der Waals surface area contributed by atoms with Crippen LogP contribution in [0.4, 0.5) is 0 Å². The number of amides is 1. The van der Waals surface area contributed by atoms with Crippen LogP contribution >= 0.6 is 23.2 Å². The van der Waals surface area contributed by atoms with E-state index < -0.39 is 0 Å². The van der Waals surface area contributed by atoms with Gasteiger partial charge in [0.05, 0.1) is 5.02 Å². The molecular formula is C18H16Cl2N2O2. The lowest BCUT2D eigenvalue weighted by atomic mass is 10.1. The Bertz CT molecular complexity index is 861. The van der Waals surface area contributed by atoms with E-state index in [1.807, 2.05) is 18.3 Å². The van der Waals surface area contributed by atoms with Crippen LogP contribution in [0, 0.1) is 0 Å². The molecule has 1 aromatic heterocycles. The number of ether oxygens (including phenoxy) is 1. The van der Waals surface area contributed by atoms with Gasteiger partial charge in [0, 0.05) is 23.3 Å². The van der Waals surface area contributed by atoms with E-state index in [9.17, 15) is 4.79 Å². The van der Waals surface area contributed by atoms with Crippen molar-refractivity contribution in [1.82, 2.24) is 10.3 Å². The highest BCUT2D eigenvalue weighted by Crippen LogP contribution is 2.27. The predicted octanol–water partition coefficient (Wildman–Crippen LogP) is 4.21. The highest BCUT2D eigenvalue weighted by Gasteiger charge is 2.06. The number of fused-ring (bicyclic) bond motifs is 1. The minimum absolute atomic E-state index is 0.0851. The molecule has 0 saturated carbocycles. The molecule has 124 valence electrons. The molecule has 0 fully saturated rings. The molecule has 3 aromatic rings. The second-order valence-corrected chi connectivity index (χ2v) is 6.21.